The summed E-state index contributed by atoms with van der Waals surface area (Å²) < 4.78 is 1.82. The van der Waals surface area contributed by atoms with Crippen molar-refractivity contribution in [3.8, 4) is 5.69 Å². The van der Waals surface area contributed by atoms with Crippen molar-refractivity contribution in [3.05, 3.63) is 72.0 Å². The molecule has 0 aliphatic carbocycles. The largest absolute Gasteiger partial charge is 0.320 e. The fourth-order valence-corrected chi connectivity index (χ4v) is 2.16. The normalized spacial score (nSPS) is 10.3. The number of nitrogens with one attached hydrogen (secondary N) is 1. The second-order valence-electron chi connectivity index (χ2n) is 4.30. The van der Waals surface area contributed by atoms with Crippen molar-refractivity contribution >= 4 is 23.2 Å². The predicted molar refractivity (Wildman–Crippen MR) is 80.8 cm³/mol. The van der Waals surface area contributed by atoms with Crippen molar-refractivity contribution < 1.29 is 4.79 Å². The second-order valence-corrected chi connectivity index (χ2v) is 4.70. The van der Waals surface area contributed by atoms with Crippen molar-refractivity contribution in [1.29, 1.82) is 0 Å². The van der Waals surface area contributed by atoms with E-state index in [4.69, 9.17) is 11.6 Å². The number of para-hydroxylation sites is 2. The third kappa shape index (κ3) is 2.78. The molecule has 0 spiro atoms. The van der Waals surface area contributed by atoms with Gasteiger partial charge >= 0.3 is 0 Å². The molecule has 0 atom stereocenters. The Bertz CT molecular complexity index is 771. The van der Waals surface area contributed by atoms with E-state index >= 15 is 0 Å². The molecule has 3 rings (SSSR count). The number of rotatable bonds is 3. The Morgan fingerprint density at radius 1 is 1.14 bits per heavy atom. The quantitative estimate of drug-likeness (QED) is 0.808. The minimum atomic E-state index is -0.282. The van der Waals surface area contributed by atoms with Gasteiger partial charge in [0.05, 0.1) is 28.3 Å². The number of carbonyl (C=O) groups is 1. The van der Waals surface area contributed by atoms with E-state index in [-0.39, 0.29) is 5.91 Å². The fraction of sp³-hybridized carbons (Fsp3) is 0. The molecule has 2 aromatic heterocycles. The molecule has 21 heavy (non-hydrogen) atoms. The molecule has 104 valence electrons. The molecule has 1 N–H and O–H groups in total. The van der Waals surface area contributed by atoms with Crippen LogP contribution in [0.4, 0.5) is 5.69 Å². The maximum atomic E-state index is 12.3. The van der Waals surface area contributed by atoms with Crippen LogP contribution in [0.25, 0.3) is 5.69 Å². The number of aromatic nitrogens is 3. The van der Waals surface area contributed by atoms with Crippen LogP contribution >= 0.6 is 11.6 Å². The lowest BCUT2D eigenvalue weighted by molar-refractivity contribution is 0.102. The lowest BCUT2D eigenvalue weighted by Gasteiger charge is -2.12. The van der Waals surface area contributed by atoms with E-state index in [1.807, 2.05) is 35.0 Å². The van der Waals surface area contributed by atoms with Crippen molar-refractivity contribution in [3.63, 3.8) is 0 Å². The summed E-state index contributed by atoms with van der Waals surface area (Å²) >= 11 is 5.99. The van der Waals surface area contributed by atoms with E-state index in [1.165, 1.54) is 12.4 Å². The van der Waals surface area contributed by atoms with Crippen LogP contribution < -0.4 is 5.32 Å². The maximum absolute atomic E-state index is 12.3. The molecule has 0 unspecified atom stereocenters. The Balaban J connectivity index is 1.93. The zero-order valence-corrected chi connectivity index (χ0v) is 11.7. The highest BCUT2D eigenvalue weighted by molar-refractivity contribution is 6.34. The number of amides is 1. The van der Waals surface area contributed by atoms with Gasteiger partial charge in [0.2, 0.25) is 0 Å². The van der Waals surface area contributed by atoms with Crippen molar-refractivity contribution in [2.75, 3.05) is 5.32 Å². The van der Waals surface area contributed by atoms with Crippen molar-refractivity contribution in [1.82, 2.24) is 14.5 Å². The summed E-state index contributed by atoms with van der Waals surface area (Å²) in [5.74, 6) is -0.282. The van der Waals surface area contributed by atoms with Gasteiger partial charge in [0.1, 0.15) is 0 Å². The molecule has 1 aromatic carbocycles. The number of carbonyl (C=O) groups excluding carboxylic acids is 1. The lowest BCUT2D eigenvalue weighted by Crippen LogP contribution is -2.14. The summed E-state index contributed by atoms with van der Waals surface area (Å²) in [6, 6.07) is 9.04. The molecule has 0 radical (unpaired) electrons. The third-order valence-corrected chi connectivity index (χ3v) is 3.25. The summed E-state index contributed by atoms with van der Waals surface area (Å²) in [5.41, 5.74) is 1.88. The van der Waals surface area contributed by atoms with Crippen LogP contribution in [0, 0.1) is 0 Å². The van der Waals surface area contributed by atoms with Gasteiger partial charge in [0.25, 0.3) is 5.91 Å². The van der Waals surface area contributed by atoms with E-state index in [0.717, 1.165) is 5.69 Å². The Kier molecular flexibility index (Phi) is 3.66. The van der Waals surface area contributed by atoms with Crippen molar-refractivity contribution in [2.45, 2.75) is 0 Å². The molecule has 0 saturated carbocycles. The number of hydrogen-bond donors (Lipinski definition) is 1. The first-order valence-electron chi connectivity index (χ1n) is 6.24. The van der Waals surface area contributed by atoms with Gasteiger partial charge in [0, 0.05) is 24.8 Å². The average Bonchev–Trinajstić information content (AvgIpc) is 3.02. The fourth-order valence-electron chi connectivity index (χ4n) is 1.96. The van der Waals surface area contributed by atoms with E-state index in [2.05, 4.69) is 15.3 Å². The number of hydrogen-bond acceptors (Lipinski definition) is 3. The highest BCUT2D eigenvalue weighted by Crippen LogP contribution is 2.21. The molecule has 6 heteroatoms. The molecule has 0 bridgehead atoms. The molecular weight excluding hydrogens is 288 g/mol. The van der Waals surface area contributed by atoms with Gasteiger partial charge in [-0.25, -0.2) is 4.98 Å². The van der Waals surface area contributed by atoms with Gasteiger partial charge in [-0.3, -0.25) is 9.78 Å². The van der Waals surface area contributed by atoms with Crippen LogP contribution in [0.1, 0.15) is 10.4 Å². The van der Waals surface area contributed by atoms with E-state index in [9.17, 15) is 4.79 Å². The van der Waals surface area contributed by atoms with Gasteiger partial charge in [-0.1, -0.05) is 23.7 Å². The van der Waals surface area contributed by atoms with E-state index in [0.29, 0.717) is 16.3 Å². The highest BCUT2D eigenvalue weighted by atomic mass is 35.5. The first-order valence-corrected chi connectivity index (χ1v) is 6.62. The average molecular weight is 299 g/mol. The number of nitrogens with zero attached hydrogens (tertiary/aromatic N) is 3. The van der Waals surface area contributed by atoms with Gasteiger partial charge < -0.3 is 9.88 Å². The SMILES string of the molecule is O=C(Nc1ccccc1-n1ccnc1)c1ccncc1Cl. The number of imidazole rings is 1. The molecule has 0 fully saturated rings. The Hall–Kier alpha value is -2.66. The highest BCUT2D eigenvalue weighted by Gasteiger charge is 2.12. The summed E-state index contributed by atoms with van der Waals surface area (Å²) in [7, 11) is 0. The molecule has 3 aromatic rings. The summed E-state index contributed by atoms with van der Waals surface area (Å²) in [5, 5.41) is 3.17. The Morgan fingerprint density at radius 3 is 2.76 bits per heavy atom. The molecule has 1 amide bonds. The monoisotopic (exact) mass is 298 g/mol. The third-order valence-electron chi connectivity index (χ3n) is 2.95. The number of halogens is 1. The van der Waals surface area contributed by atoms with Crippen LogP contribution in [-0.2, 0) is 0 Å². The Morgan fingerprint density at radius 2 is 2.00 bits per heavy atom. The first-order chi connectivity index (χ1) is 10.3. The second kappa shape index (κ2) is 5.76. The molecule has 2 heterocycles. The van der Waals surface area contributed by atoms with Gasteiger partial charge in [0.15, 0.2) is 0 Å². The summed E-state index contributed by atoms with van der Waals surface area (Å²) in [6.07, 6.45) is 8.13. The number of benzene rings is 1. The zero-order chi connectivity index (χ0) is 14.7. The molecule has 0 saturated heterocycles. The predicted octanol–water partition coefficient (Wildman–Crippen LogP) is 3.17. The molecule has 5 nitrogen and oxygen atoms in total. The molecule has 0 aliphatic rings. The van der Waals surface area contributed by atoms with Gasteiger partial charge in [-0.05, 0) is 18.2 Å². The van der Waals surface area contributed by atoms with Crippen LogP contribution in [0.15, 0.2) is 61.4 Å². The standard InChI is InChI=1S/C15H11ClN4O/c16-12-9-17-6-5-11(12)15(21)19-13-3-1-2-4-14(13)20-8-7-18-10-20/h1-10H,(H,19,21). The van der Waals surface area contributed by atoms with Crippen LogP contribution in [0.2, 0.25) is 5.02 Å². The van der Waals surface area contributed by atoms with E-state index in [1.54, 1.807) is 18.6 Å². The van der Waals surface area contributed by atoms with Crippen LogP contribution in [0.5, 0.6) is 0 Å². The van der Waals surface area contributed by atoms with Gasteiger partial charge in [-0.2, -0.15) is 0 Å². The number of anilines is 1. The van der Waals surface area contributed by atoms with Crippen LogP contribution in [0.3, 0.4) is 0 Å². The maximum Gasteiger partial charge on any atom is 0.257 e. The number of pyridine rings is 1. The molecule has 0 aliphatic heterocycles. The van der Waals surface area contributed by atoms with E-state index < -0.39 is 0 Å². The zero-order valence-electron chi connectivity index (χ0n) is 10.9. The molecular formula is C15H11ClN4O. The first kappa shape index (κ1) is 13.3. The smallest absolute Gasteiger partial charge is 0.257 e. The minimum Gasteiger partial charge on any atom is -0.320 e. The topological polar surface area (TPSA) is 59.8 Å². The summed E-state index contributed by atoms with van der Waals surface area (Å²) in [4.78, 5) is 20.2. The Labute approximate surface area is 126 Å². The van der Waals surface area contributed by atoms with Gasteiger partial charge in [-0.15, -0.1) is 0 Å². The van der Waals surface area contributed by atoms with Crippen molar-refractivity contribution in [2.24, 2.45) is 0 Å². The lowest BCUT2D eigenvalue weighted by atomic mass is 10.2. The minimum absolute atomic E-state index is 0.282. The van der Waals surface area contributed by atoms with Crippen LogP contribution in [-0.4, -0.2) is 20.4 Å². The summed E-state index contributed by atoms with van der Waals surface area (Å²) in [6.45, 7) is 0.